The molecule has 7 aliphatic rings. The number of nitrogens with one attached hydrogen (secondary N) is 1. The van der Waals surface area contributed by atoms with Crippen LogP contribution in [-0.2, 0) is 19.3 Å². The molecule has 1 heterocycles. The first-order valence-corrected chi connectivity index (χ1v) is 11.6. The van der Waals surface area contributed by atoms with E-state index in [9.17, 15) is 4.79 Å². The van der Waals surface area contributed by atoms with Gasteiger partial charge in [-0.1, -0.05) is 0 Å². The fourth-order valence-corrected chi connectivity index (χ4v) is 7.06. The molecule has 3 N–H and O–H groups in total. The Morgan fingerprint density at radius 2 is 1.57 bits per heavy atom. The van der Waals surface area contributed by atoms with Crippen molar-refractivity contribution in [1.82, 2.24) is 5.32 Å². The van der Waals surface area contributed by atoms with E-state index in [1.54, 1.807) is 0 Å². The van der Waals surface area contributed by atoms with E-state index in [0.717, 1.165) is 50.4 Å². The molecule has 0 atom stereocenters. The lowest BCUT2D eigenvalue weighted by Gasteiger charge is -2.57. The van der Waals surface area contributed by atoms with Gasteiger partial charge in [-0.3, -0.25) is 4.79 Å². The first-order chi connectivity index (χ1) is 13.5. The topological polar surface area (TPSA) is 82.8 Å². The molecule has 1 saturated heterocycles. The molecular formula is C22H34N2O4. The third kappa shape index (κ3) is 2.94. The molecule has 0 unspecified atom stereocenters. The van der Waals surface area contributed by atoms with Crippen LogP contribution in [-0.4, -0.2) is 29.6 Å². The van der Waals surface area contributed by atoms with Crippen molar-refractivity contribution in [2.75, 3.05) is 6.54 Å². The minimum absolute atomic E-state index is 0.123. The maximum absolute atomic E-state index is 12.3. The summed E-state index contributed by atoms with van der Waals surface area (Å²) in [4.78, 5) is 24.3. The summed E-state index contributed by atoms with van der Waals surface area (Å²) in [6, 6.07) is 0. The quantitative estimate of drug-likeness (QED) is 0.721. The maximum atomic E-state index is 12.3. The average Bonchev–Trinajstić information content (AvgIpc) is 3.30. The lowest BCUT2D eigenvalue weighted by atomic mass is 9.53. The Kier molecular flexibility index (Phi) is 3.98. The number of hydrogen-bond donors (Lipinski definition) is 2. The average molecular weight is 391 g/mol. The molecule has 7 rings (SSSR count). The third-order valence-electron chi connectivity index (χ3n) is 8.82. The smallest absolute Gasteiger partial charge is 0.220 e. The zero-order valence-electron chi connectivity index (χ0n) is 16.8. The third-order valence-corrected chi connectivity index (χ3v) is 8.82. The number of rotatable bonds is 4. The first kappa shape index (κ1) is 18.1. The molecule has 2 spiro atoms. The fraction of sp³-hybridized carbons (Fsp3) is 0.955. The van der Waals surface area contributed by atoms with Crippen molar-refractivity contribution in [1.29, 1.82) is 0 Å². The highest BCUT2D eigenvalue weighted by Gasteiger charge is 2.66. The highest BCUT2D eigenvalue weighted by Crippen LogP contribution is 2.63. The van der Waals surface area contributed by atoms with Gasteiger partial charge in [-0.2, -0.15) is 9.78 Å². The van der Waals surface area contributed by atoms with Crippen LogP contribution in [0.4, 0.5) is 0 Å². The molecule has 4 bridgehead atoms. The second-order valence-corrected chi connectivity index (χ2v) is 11.0. The molecule has 7 fully saturated rings. The standard InChI is InChI=1S/C22H34N2O4/c23-20(5-6-20)13-24-19(25)12-14-1-3-21(4-2-14)26-22(28-27-21)17-8-15-7-16(10-17)11-18(22)9-15/h14-18H,1-13,23H2,(H,24,25). The zero-order valence-corrected chi connectivity index (χ0v) is 16.8. The minimum atomic E-state index is -0.572. The SMILES string of the molecule is NC1(CNC(=O)CC2CCC3(CC2)OOC2(O3)C3CC4CC(C3)CC2C4)CC1. The highest BCUT2D eigenvalue weighted by molar-refractivity contribution is 5.76. The normalized spacial score (nSPS) is 50.4. The van der Waals surface area contributed by atoms with Gasteiger partial charge in [0.1, 0.15) is 0 Å². The molecule has 156 valence electrons. The second kappa shape index (κ2) is 6.16. The number of hydrogen-bond acceptors (Lipinski definition) is 5. The van der Waals surface area contributed by atoms with Crippen LogP contribution < -0.4 is 11.1 Å². The Morgan fingerprint density at radius 1 is 0.929 bits per heavy atom. The lowest BCUT2D eigenvalue weighted by molar-refractivity contribution is -0.390. The monoisotopic (exact) mass is 390 g/mol. The van der Waals surface area contributed by atoms with Crippen LogP contribution in [0, 0.1) is 29.6 Å². The number of nitrogens with two attached hydrogens (primary N) is 1. The maximum Gasteiger partial charge on any atom is 0.220 e. The predicted octanol–water partition coefficient (Wildman–Crippen LogP) is 3.00. The molecule has 0 aromatic carbocycles. The Labute approximate surface area is 167 Å². The van der Waals surface area contributed by atoms with Crippen molar-refractivity contribution in [3.05, 3.63) is 0 Å². The molecule has 6 heteroatoms. The van der Waals surface area contributed by atoms with Gasteiger partial charge in [0.05, 0.1) is 0 Å². The van der Waals surface area contributed by atoms with Crippen LogP contribution in [0.15, 0.2) is 0 Å². The molecule has 28 heavy (non-hydrogen) atoms. The summed E-state index contributed by atoms with van der Waals surface area (Å²) in [5, 5.41) is 3.02. The van der Waals surface area contributed by atoms with Gasteiger partial charge in [0, 0.05) is 43.2 Å². The van der Waals surface area contributed by atoms with Gasteiger partial charge < -0.3 is 15.8 Å². The van der Waals surface area contributed by atoms with E-state index < -0.39 is 11.6 Å². The summed E-state index contributed by atoms with van der Waals surface area (Å²) in [5.74, 6) is 2.29. The van der Waals surface area contributed by atoms with Crippen LogP contribution in [0.2, 0.25) is 0 Å². The fourth-order valence-electron chi connectivity index (χ4n) is 7.06. The number of carbonyl (C=O) groups is 1. The van der Waals surface area contributed by atoms with Crippen molar-refractivity contribution in [3.8, 4) is 0 Å². The summed E-state index contributed by atoms with van der Waals surface area (Å²) in [6.45, 7) is 0.621. The van der Waals surface area contributed by atoms with E-state index in [2.05, 4.69) is 5.32 Å². The van der Waals surface area contributed by atoms with Gasteiger partial charge >= 0.3 is 0 Å². The van der Waals surface area contributed by atoms with Gasteiger partial charge in [-0.25, -0.2) is 0 Å². The van der Waals surface area contributed by atoms with E-state index in [1.807, 2.05) is 0 Å². The van der Waals surface area contributed by atoms with E-state index >= 15 is 0 Å². The van der Waals surface area contributed by atoms with Crippen LogP contribution in [0.25, 0.3) is 0 Å². The molecule has 0 radical (unpaired) electrons. The molecule has 6 nitrogen and oxygen atoms in total. The van der Waals surface area contributed by atoms with E-state index in [1.165, 1.54) is 32.1 Å². The van der Waals surface area contributed by atoms with Crippen LogP contribution in [0.3, 0.4) is 0 Å². The highest BCUT2D eigenvalue weighted by atomic mass is 17.3. The summed E-state index contributed by atoms with van der Waals surface area (Å²) in [5.41, 5.74) is 5.94. The van der Waals surface area contributed by atoms with Gasteiger partial charge in [-0.15, -0.1) is 0 Å². The molecule has 6 aliphatic carbocycles. The van der Waals surface area contributed by atoms with Crippen LogP contribution in [0.5, 0.6) is 0 Å². The lowest BCUT2D eigenvalue weighted by Crippen LogP contribution is -2.59. The largest absolute Gasteiger partial charge is 0.354 e. The van der Waals surface area contributed by atoms with Gasteiger partial charge in [0.25, 0.3) is 0 Å². The zero-order chi connectivity index (χ0) is 19.0. The van der Waals surface area contributed by atoms with Crippen molar-refractivity contribution in [2.45, 2.75) is 94.2 Å². The Bertz CT molecular complexity index is 625. The van der Waals surface area contributed by atoms with E-state index in [4.69, 9.17) is 20.2 Å². The number of carbonyl (C=O) groups excluding carboxylic acids is 1. The Morgan fingerprint density at radius 3 is 2.18 bits per heavy atom. The summed E-state index contributed by atoms with van der Waals surface area (Å²) in [6.07, 6.45) is 12.6. The molecule has 1 amide bonds. The summed E-state index contributed by atoms with van der Waals surface area (Å²) in [7, 11) is 0. The van der Waals surface area contributed by atoms with Crippen molar-refractivity contribution in [3.63, 3.8) is 0 Å². The van der Waals surface area contributed by atoms with Gasteiger partial charge in [0.2, 0.25) is 17.5 Å². The van der Waals surface area contributed by atoms with Crippen molar-refractivity contribution < 1.29 is 19.3 Å². The minimum Gasteiger partial charge on any atom is -0.354 e. The van der Waals surface area contributed by atoms with Crippen LogP contribution in [0.1, 0.15) is 77.0 Å². The molecule has 1 aliphatic heterocycles. The summed E-state index contributed by atoms with van der Waals surface area (Å²) >= 11 is 0. The second-order valence-electron chi connectivity index (χ2n) is 11.0. The van der Waals surface area contributed by atoms with Gasteiger partial charge in [-0.05, 0) is 75.5 Å². The Hall–Kier alpha value is -0.690. The van der Waals surface area contributed by atoms with Crippen LogP contribution >= 0.6 is 0 Å². The number of ether oxygens (including phenoxy) is 1. The Balaban J connectivity index is 1.05. The summed E-state index contributed by atoms with van der Waals surface area (Å²) < 4.78 is 6.75. The van der Waals surface area contributed by atoms with Gasteiger partial charge in [0.15, 0.2) is 0 Å². The number of amides is 1. The first-order valence-electron chi connectivity index (χ1n) is 11.6. The van der Waals surface area contributed by atoms with Crippen molar-refractivity contribution >= 4 is 5.91 Å². The van der Waals surface area contributed by atoms with Crippen molar-refractivity contribution in [2.24, 2.45) is 35.3 Å². The molecule has 6 saturated carbocycles. The van der Waals surface area contributed by atoms with E-state index in [0.29, 0.717) is 30.7 Å². The molecule has 0 aromatic rings. The predicted molar refractivity (Wildman–Crippen MR) is 101 cm³/mol. The molecule has 0 aromatic heterocycles. The molecular weight excluding hydrogens is 356 g/mol. The van der Waals surface area contributed by atoms with E-state index in [-0.39, 0.29) is 11.4 Å².